The molecular formula is C13H13BrN2O2. The molecule has 0 fully saturated rings. The minimum absolute atomic E-state index is 0.145. The van der Waals surface area contributed by atoms with Gasteiger partial charge >= 0.3 is 0 Å². The average Bonchev–Trinajstić information content (AvgIpc) is 2.39. The van der Waals surface area contributed by atoms with Crippen LogP contribution in [0.25, 0.3) is 10.9 Å². The molecule has 94 valence electrons. The SMILES string of the molecule is COCC(Br)C(=O)Nc1cnc2ccccc2c1. The summed E-state index contributed by atoms with van der Waals surface area (Å²) >= 11 is 3.25. The zero-order valence-corrected chi connectivity index (χ0v) is 11.5. The Morgan fingerprint density at radius 2 is 2.28 bits per heavy atom. The Morgan fingerprint density at radius 1 is 1.50 bits per heavy atom. The monoisotopic (exact) mass is 308 g/mol. The fraction of sp³-hybridized carbons (Fsp3) is 0.231. The summed E-state index contributed by atoms with van der Waals surface area (Å²) in [6.45, 7) is 0.326. The molecule has 0 aliphatic heterocycles. The Kier molecular flexibility index (Phi) is 4.28. The molecule has 0 saturated heterocycles. The van der Waals surface area contributed by atoms with E-state index in [4.69, 9.17) is 4.74 Å². The number of hydrogen-bond donors (Lipinski definition) is 1. The van der Waals surface area contributed by atoms with Crippen molar-refractivity contribution in [2.45, 2.75) is 4.83 Å². The van der Waals surface area contributed by atoms with Crippen molar-refractivity contribution in [3.63, 3.8) is 0 Å². The van der Waals surface area contributed by atoms with Gasteiger partial charge in [0.05, 0.1) is 24.0 Å². The number of rotatable bonds is 4. The van der Waals surface area contributed by atoms with Crippen molar-refractivity contribution in [3.05, 3.63) is 36.5 Å². The van der Waals surface area contributed by atoms with Gasteiger partial charge in [-0.25, -0.2) is 0 Å². The van der Waals surface area contributed by atoms with Gasteiger partial charge in [-0.05, 0) is 12.1 Å². The predicted octanol–water partition coefficient (Wildman–Crippen LogP) is 2.58. The molecule has 2 aromatic rings. The minimum atomic E-state index is -0.367. The average molecular weight is 309 g/mol. The lowest BCUT2D eigenvalue weighted by molar-refractivity contribution is -0.116. The van der Waals surface area contributed by atoms with Crippen LogP contribution in [0.2, 0.25) is 0 Å². The van der Waals surface area contributed by atoms with Crippen LogP contribution in [0.3, 0.4) is 0 Å². The summed E-state index contributed by atoms with van der Waals surface area (Å²) in [5, 5.41) is 3.78. The molecule has 0 aliphatic rings. The van der Waals surface area contributed by atoms with E-state index in [1.165, 1.54) is 0 Å². The molecule has 0 bridgehead atoms. The number of nitrogens with zero attached hydrogens (tertiary/aromatic N) is 1. The molecule has 1 aromatic heterocycles. The van der Waals surface area contributed by atoms with Gasteiger partial charge in [-0.2, -0.15) is 0 Å². The van der Waals surface area contributed by atoms with Gasteiger partial charge in [-0.1, -0.05) is 34.1 Å². The number of fused-ring (bicyclic) bond motifs is 1. The third-order valence-electron chi connectivity index (χ3n) is 2.46. The molecule has 0 saturated carbocycles. The van der Waals surface area contributed by atoms with Crippen LogP contribution in [0.15, 0.2) is 36.5 Å². The summed E-state index contributed by atoms with van der Waals surface area (Å²) in [6, 6.07) is 9.65. The molecule has 1 aromatic carbocycles. The van der Waals surface area contributed by atoms with Crippen molar-refractivity contribution in [1.82, 2.24) is 4.98 Å². The molecule has 1 unspecified atom stereocenters. The van der Waals surface area contributed by atoms with Gasteiger partial charge in [0.2, 0.25) is 5.91 Å². The van der Waals surface area contributed by atoms with Crippen molar-refractivity contribution in [2.24, 2.45) is 0 Å². The van der Waals surface area contributed by atoms with Crippen LogP contribution in [-0.2, 0) is 9.53 Å². The van der Waals surface area contributed by atoms with Crippen molar-refractivity contribution in [2.75, 3.05) is 19.0 Å². The molecule has 0 radical (unpaired) electrons. The number of nitrogens with one attached hydrogen (secondary N) is 1. The zero-order chi connectivity index (χ0) is 13.0. The number of carbonyl (C=O) groups excluding carboxylic acids is 1. The minimum Gasteiger partial charge on any atom is -0.383 e. The molecule has 5 heteroatoms. The highest BCUT2D eigenvalue weighted by molar-refractivity contribution is 9.10. The molecule has 1 heterocycles. The van der Waals surface area contributed by atoms with Gasteiger partial charge in [0.25, 0.3) is 0 Å². The molecule has 2 rings (SSSR count). The van der Waals surface area contributed by atoms with Crippen molar-refractivity contribution in [3.8, 4) is 0 Å². The molecule has 18 heavy (non-hydrogen) atoms. The topological polar surface area (TPSA) is 51.2 Å². The quantitative estimate of drug-likeness (QED) is 0.883. The van der Waals surface area contributed by atoms with E-state index in [2.05, 4.69) is 26.2 Å². The van der Waals surface area contributed by atoms with Gasteiger partial charge in [0.1, 0.15) is 4.83 Å². The van der Waals surface area contributed by atoms with Crippen LogP contribution < -0.4 is 5.32 Å². The van der Waals surface area contributed by atoms with E-state index in [0.717, 1.165) is 10.9 Å². The number of ether oxygens (including phenoxy) is 1. The first-order valence-corrected chi connectivity index (χ1v) is 6.41. The maximum absolute atomic E-state index is 11.8. The molecule has 1 amide bonds. The van der Waals surface area contributed by atoms with Crippen LogP contribution in [0, 0.1) is 0 Å². The number of anilines is 1. The highest BCUT2D eigenvalue weighted by Crippen LogP contribution is 2.16. The van der Waals surface area contributed by atoms with E-state index < -0.39 is 0 Å². The third-order valence-corrected chi connectivity index (χ3v) is 3.14. The first-order valence-electron chi connectivity index (χ1n) is 5.49. The van der Waals surface area contributed by atoms with Crippen LogP contribution >= 0.6 is 15.9 Å². The standard InChI is InChI=1S/C13H13BrN2O2/c1-18-8-11(14)13(17)16-10-6-9-4-2-3-5-12(9)15-7-10/h2-7,11H,8H2,1H3,(H,16,17). The summed E-state index contributed by atoms with van der Waals surface area (Å²) in [6.07, 6.45) is 1.65. The number of alkyl halides is 1. The third kappa shape index (κ3) is 3.05. The lowest BCUT2D eigenvalue weighted by Crippen LogP contribution is -2.26. The first-order chi connectivity index (χ1) is 8.70. The summed E-state index contributed by atoms with van der Waals surface area (Å²) in [7, 11) is 1.55. The zero-order valence-electron chi connectivity index (χ0n) is 9.89. The van der Waals surface area contributed by atoms with Crippen LogP contribution in [0.5, 0.6) is 0 Å². The van der Waals surface area contributed by atoms with E-state index >= 15 is 0 Å². The van der Waals surface area contributed by atoms with E-state index in [1.54, 1.807) is 13.3 Å². The van der Waals surface area contributed by atoms with E-state index in [0.29, 0.717) is 12.3 Å². The number of aromatic nitrogens is 1. The number of pyridine rings is 1. The largest absolute Gasteiger partial charge is 0.383 e. The normalized spacial score (nSPS) is 12.3. The number of hydrogen-bond acceptors (Lipinski definition) is 3. The first kappa shape index (κ1) is 13.0. The summed E-state index contributed by atoms with van der Waals surface area (Å²) in [5.74, 6) is -0.145. The molecule has 4 nitrogen and oxygen atoms in total. The van der Waals surface area contributed by atoms with E-state index in [9.17, 15) is 4.79 Å². The molecule has 1 N–H and O–H groups in total. The Morgan fingerprint density at radius 3 is 3.06 bits per heavy atom. The number of benzene rings is 1. The lowest BCUT2D eigenvalue weighted by Gasteiger charge is -2.10. The number of carbonyl (C=O) groups is 1. The highest BCUT2D eigenvalue weighted by Gasteiger charge is 2.14. The van der Waals surface area contributed by atoms with Crippen molar-refractivity contribution >= 4 is 38.4 Å². The molecule has 0 aliphatic carbocycles. The fourth-order valence-electron chi connectivity index (χ4n) is 1.58. The smallest absolute Gasteiger partial charge is 0.240 e. The second kappa shape index (κ2) is 5.93. The Labute approximate surface area is 113 Å². The Hall–Kier alpha value is -1.46. The van der Waals surface area contributed by atoms with Crippen LogP contribution in [0.1, 0.15) is 0 Å². The predicted molar refractivity (Wildman–Crippen MR) is 75.0 cm³/mol. The highest BCUT2D eigenvalue weighted by atomic mass is 79.9. The van der Waals surface area contributed by atoms with Crippen molar-refractivity contribution < 1.29 is 9.53 Å². The van der Waals surface area contributed by atoms with Crippen molar-refractivity contribution in [1.29, 1.82) is 0 Å². The maximum atomic E-state index is 11.8. The molecule has 0 spiro atoms. The van der Waals surface area contributed by atoms with Gasteiger partial charge in [0.15, 0.2) is 0 Å². The van der Waals surface area contributed by atoms with E-state index in [1.807, 2.05) is 30.3 Å². The second-order valence-corrected chi connectivity index (χ2v) is 4.93. The van der Waals surface area contributed by atoms with Gasteiger partial charge in [-0.3, -0.25) is 9.78 Å². The number of halogens is 1. The number of methoxy groups -OCH3 is 1. The number of amides is 1. The van der Waals surface area contributed by atoms with Gasteiger partial charge in [0, 0.05) is 12.5 Å². The number of para-hydroxylation sites is 1. The van der Waals surface area contributed by atoms with Gasteiger partial charge in [-0.15, -0.1) is 0 Å². The molecule has 1 atom stereocenters. The summed E-state index contributed by atoms with van der Waals surface area (Å²) < 4.78 is 4.91. The summed E-state index contributed by atoms with van der Waals surface area (Å²) in [4.78, 5) is 15.7. The van der Waals surface area contributed by atoms with E-state index in [-0.39, 0.29) is 10.7 Å². The lowest BCUT2D eigenvalue weighted by atomic mass is 10.2. The van der Waals surface area contributed by atoms with Gasteiger partial charge < -0.3 is 10.1 Å². The Balaban J connectivity index is 2.14. The molecular weight excluding hydrogens is 296 g/mol. The maximum Gasteiger partial charge on any atom is 0.240 e. The fourth-order valence-corrected chi connectivity index (χ4v) is 1.96. The summed E-state index contributed by atoms with van der Waals surface area (Å²) in [5.41, 5.74) is 1.59. The van der Waals surface area contributed by atoms with Crippen LogP contribution in [-0.4, -0.2) is 29.4 Å². The second-order valence-electron chi connectivity index (χ2n) is 3.83. The Bertz CT molecular complexity index is 559. The van der Waals surface area contributed by atoms with Crippen LogP contribution in [0.4, 0.5) is 5.69 Å².